The van der Waals surface area contributed by atoms with Gasteiger partial charge in [-0.25, -0.2) is 14.8 Å². The van der Waals surface area contributed by atoms with Crippen molar-refractivity contribution in [1.82, 2.24) is 30.5 Å². The number of anilines is 2. The summed E-state index contributed by atoms with van der Waals surface area (Å²) in [5.41, 5.74) is 3.71. The average molecular weight is 536 g/mol. The van der Waals surface area contributed by atoms with E-state index in [1.54, 1.807) is 12.5 Å². The molecule has 40 heavy (non-hydrogen) atoms. The highest BCUT2D eigenvalue weighted by Crippen LogP contribution is 2.30. The zero-order chi connectivity index (χ0) is 28.1. The van der Waals surface area contributed by atoms with Crippen molar-refractivity contribution in [3.63, 3.8) is 0 Å². The Kier molecular flexibility index (Phi) is 7.80. The number of nitrogens with one attached hydrogen (secondary N) is 3. The lowest BCUT2D eigenvalue weighted by molar-refractivity contribution is 0.184. The molecule has 0 atom stereocenters. The maximum absolute atomic E-state index is 12.7. The van der Waals surface area contributed by atoms with E-state index in [2.05, 4.69) is 42.7 Å². The lowest BCUT2D eigenvalue weighted by atomic mass is 10.0. The Balaban J connectivity index is 1.32. The van der Waals surface area contributed by atoms with E-state index >= 15 is 0 Å². The number of piperazine rings is 1. The van der Waals surface area contributed by atoms with Crippen molar-refractivity contribution in [3.05, 3.63) is 77.9 Å². The molecule has 3 heterocycles. The summed E-state index contributed by atoms with van der Waals surface area (Å²) in [4.78, 5) is 27.7. The molecular weight excluding hydrogens is 502 g/mol. The van der Waals surface area contributed by atoms with Gasteiger partial charge < -0.3 is 25.6 Å². The number of rotatable bonds is 5. The second-order valence-electron chi connectivity index (χ2n) is 10.3. The van der Waals surface area contributed by atoms with E-state index in [1.807, 2.05) is 81.1 Å². The highest BCUT2D eigenvalue weighted by molar-refractivity contribution is 5.91. The third-order valence-corrected chi connectivity index (χ3v) is 6.53. The van der Waals surface area contributed by atoms with Crippen LogP contribution in [0.15, 0.2) is 61.1 Å². The Hall–Kier alpha value is -4.68. The molecule has 5 rings (SSSR count). The molecule has 0 unspecified atom stereocenters. The summed E-state index contributed by atoms with van der Waals surface area (Å²) in [7, 11) is 0. The van der Waals surface area contributed by atoms with Gasteiger partial charge in [-0.05, 0) is 81.8 Å². The molecule has 0 radical (unpaired) electrons. The van der Waals surface area contributed by atoms with E-state index in [1.165, 1.54) is 0 Å². The molecule has 1 aliphatic heterocycles. The molecule has 9 nitrogen and oxygen atoms in total. The quantitative estimate of drug-likeness (QED) is 0.312. The SMILES string of the molecule is Cc1ccc(Oc2ccc(Nc3ncnc4ccc(C#CC(C)(C)NC(=O)N5CCNCC5)cc34)cc2C)cn1. The molecule has 1 aliphatic rings. The summed E-state index contributed by atoms with van der Waals surface area (Å²) < 4.78 is 6.01. The number of carbonyl (C=O) groups is 1. The molecule has 1 fully saturated rings. The van der Waals surface area contributed by atoms with Crippen LogP contribution in [-0.4, -0.2) is 57.6 Å². The first-order chi connectivity index (χ1) is 19.3. The third-order valence-electron chi connectivity index (χ3n) is 6.53. The molecule has 1 saturated heterocycles. The van der Waals surface area contributed by atoms with Crippen LogP contribution in [0.1, 0.15) is 30.7 Å². The molecule has 0 bridgehead atoms. The van der Waals surface area contributed by atoms with Gasteiger partial charge in [0.2, 0.25) is 0 Å². The van der Waals surface area contributed by atoms with E-state index in [4.69, 9.17) is 4.74 Å². The van der Waals surface area contributed by atoms with Gasteiger partial charge in [-0.2, -0.15) is 0 Å². The summed E-state index contributed by atoms with van der Waals surface area (Å²) in [6, 6.07) is 15.4. The van der Waals surface area contributed by atoms with Crippen molar-refractivity contribution in [2.45, 2.75) is 33.2 Å². The number of hydrogen-bond donors (Lipinski definition) is 3. The largest absolute Gasteiger partial charge is 0.455 e. The number of aromatic nitrogens is 3. The fraction of sp³-hybridized carbons (Fsp3) is 0.290. The molecule has 204 valence electrons. The topological polar surface area (TPSA) is 104 Å². The first-order valence-electron chi connectivity index (χ1n) is 13.3. The summed E-state index contributed by atoms with van der Waals surface area (Å²) >= 11 is 0. The molecule has 9 heteroatoms. The van der Waals surface area contributed by atoms with Crippen LogP contribution in [0.5, 0.6) is 11.5 Å². The number of pyridine rings is 1. The van der Waals surface area contributed by atoms with E-state index < -0.39 is 5.54 Å². The molecular formula is C31H33N7O2. The minimum Gasteiger partial charge on any atom is -0.455 e. The minimum atomic E-state index is -0.693. The van der Waals surface area contributed by atoms with Gasteiger partial charge in [0.1, 0.15) is 23.6 Å². The van der Waals surface area contributed by atoms with Gasteiger partial charge in [-0.1, -0.05) is 11.8 Å². The van der Waals surface area contributed by atoms with Crippen molar-refractivity contribution in [2.24, 2.45) is 0 Å². The second-order valence-corrected chi connectivity index (χ2v) is 10.3. The molecule has 2 aromatic heterocycles. The van der Waals surface area contributed by atoms with Crippen molar-refractivity contribution >= 4 is 28.4 Å². The lowest BCUT2D eigenvalue weighted by Crippen LogP contribution is -2.54. The standard InChI is InChI=1S/C31H33N7O2/c1-21-17-24(7-10-28(21)40-25-8-5-22(2)33-19-25)36-29-26-18-23(6-9-27(26)34-20-35-29)11-12-31(3,4)37-30(39)38-15-13-32-14-16-38/h5-10,17-20,32H,13-16H2,1-4H3,(H,37,39)(H,34,35,36). The molecule has 0 saturated carbocycles. The van der Waals surface area contributed by atoms with Crippen LogP contribution < -0.4 is 20.7 Å². The van der Waals surface area contributed by atoms with E-state index in [0.29, 0.717) is 24.7 Å². The van der Waals surface area contributed by atoms with Gasteiger partial charge in [-0.15, -0.1) is 0 Å². The van der Waals surface area contributed by atoms with Gasteiger partial charge in [-0.3, -0.25) is 4.98 Å². The van der Waals surface area contributed by atoms with Crippen LogP contribution in [0.25, 0.3) is 10.9 Å². The first-order valence-corrected chi connectivity index (χ1v) is 13.3. The Morgan fingerprint density at radius 3 is 2.60 bits per heavy atom. The van der Waals surface area contributed by atoms with Crippen LogP contribution in [-0.2, 0) is 0 Å². The number of carbonyl (C=O) groups excluding carboxylic acids is 1. The number of hydrogen-bond acceptors (Lipinski definition) is 7. The maximum atomic E-state index is 12.7. The van der Waals surface area contributed by atoms with Gasteiger partial charge >= 0.3 is 6.03 Å². The van der Waals surface area contributed by atoms with E-state index in [9.17, 15) is 4.79 Å². The molecule has 0 spiro atoms. The van der Waals surface area contributed by atoms with Crippen LogP contribution in [0.2, 0.25) is 0 Å². The zero-order valence-electron chi connectivity index (χ0n) is 23.2. The normalized spacial score (nSPS) is 13.3. The van der Waals surface area contributed by atoms with Crippen molar-refractivity contribution in [2.75, 3.05) is 31.5 Å². The highest BCUT2D eigenvalue weighted by Gasteiger charge is 2.23. The van der Waals surface area contributed by atoms with Crippen LogP contribution in [0.4, 0.5) is 16.3 Å². The Bertz CT molecular complexity index is 1580. The number of fused-ring (bicyclic) bond motifs is 1. The molecule has 2 amide bonds. The Morgan fingerprint density at radius 1 is 1.02 bits per heavy atom. The van der Waals surface area contributed by atoms with Crippen LogP contribution in [0, 0.1) is 25.7 Å². The third kappa shape index (κ3) is 6.65. The van der Waals surface area contributed by atoms with Gasteiger partial charge in [0.25, 0.3) is 0 Å². The molecule has 4 aromatic rings. The highest BCUT2D eigenvalue weighted by atomic mass is 16.5. The predicted molar refractivity (Wildman–Crippen MR) is 157 cm³/mol. The summed E-state index contributed by atoms with van der Waals surface area (Å²) in [5.74, 6) is 8.56. The number of amides is 2. The maximum Gasteiger partial charge on any atom is 0.318 e. The van der Waals surface area contributed by atoms with Gasteiger partial charge in [0, 0.05) is 48.5 Å². The van der Waals surface area contributed by atoms with Crippen LogP contribution >= 0.6 is 0 Å². The molecule has 2 aromatic carbocycles. The summed E-state index contributed by atoms with van der Waals surface area (Å²) in [5, 5.41) is 10.6. The number of ether oxygens (including phenoxy) is 1. The average Bonchev–Trinajstić information content (AvgIpc) is 2.95. The first kappa shape index (κ1) is 26.9. The van der Waals surface area contributed by atoms with E-state index in [-0.39, 0.29) is 6.03 Å². The lowest BCUT2D eigenvalue weighted by Gasteiger charge is -2.30. The smallest absolute Gasteiger partial charge is 0.318 e. The zero-order valence-corrected chi connectivity index (χ0v) is 23.2. The Morgan fingerprint density at radius 2 is 1.85 bits per heavy atom. The van der Waals surface area contributed by atoms with Gasteiger partial charge in [0.15, 0.2) is 0 Å². The fourth-order valence-electron chi connectivity index (χ4n) is 4.33. The fourth-order valence-corrected chi connectivity index (χ4v) is 4.33. The monoisotopic (exact) mass is 535 g/mol. The molecule has 0 aliphatic carbocycles. The van der Waals surface area contributed by atoms with Gasteiger partial charge in [0.05, 0.1) is 17.3 Å². The Labute approximate surface area is 234 Å². The number of urea groups is 1. The molecule has 3 N–H and O–H groups in total. The van der Waals surface area contributed by atoms with Crippen molar-refractivity contribution < 1.29 is 9.53 Å². The number of aryl methyl sites for hydroxylation is 2. The predicted octanol–water partition coefficient (Wildman–Crippen LogP) is 4.92. The minimum absolute atomic E-state index is 0.0959. The second kappa shape index (κ2) is 11.6. The number of benzene rings is 2. The van der Waals surface area contributed by atoms with Crippen molar-refractivity contribution in [3.8, 4) is 23.3 Å². The van der Waals surface area contributed by atoms with Crippen molar-refractivity contribution in [1.29, 1.82) is 0 Å². The summed E-state index contributed by atoms with van der Waals surface area (Å²) in [6.07, 6.45) is 3.26. The van der Waals surface area contributed by atoms with E-state index in [0.717, 1.165) is 52.3 Å². The van der Waals surface area contributed by atoms with Crippen LogP contribution in [0.3, 0.4) is 0 Å². The number of nitrogens with zero attached hydrogens (tertiary/aromatic N) is 4. The summed E-state index contributed by atoms with van der Waals surface area (Å²) in [6.45, 7) is 10.7.